The molecule has 4 nitrogen and oxygen atoms in total. The number of nitrogens with zero attached hydrogens (tertiary/aromatic N) is 3. The summed E-state index contributed by atoms with van der Waals surface area (Å²) < 4.78 is 37.4. The Labute approximate surface area is 147 Å². The monoisotopic (exact) mass is 366 g/mol. The lowest BCUT2D eigenvalue weighted by molar-refractivity contribution is -0.143. The van der Waals surface area contributed by atoms with Crippen molar-refractivity contribution < 1.29 is 13.2 Å². The maximum Gasteiger partial charge on any atom is 0.401 e. The molecule has 0 aliphatic carbocycles. The van der Waals surface area contributed by atoms with Crippen molar-refractivity contribution in [1.29, 1.82) is 0 Å². The molecule has 2 saturated heterocycles. The molecule has 2 atom stereocenters. The minimum atomic E-state index is -4.10. The van der Waals surface area contributed by atoms with Crippen molar-refractivity contribution in [2.75, 3.05) is 51.6 Å². The van der Waals surface area contributed by atoms with E-state index in [1.54, 1.807) is 0 Å². The third kappa shape index (κ3) is 6.35. The molecule has 24 heavy (non-hydrogen) atoms. The lowest BCUT2D eigenvalue weighted by Crippen LogP contribution is -2.48. The maximum atomic E-state index is 12.5. The number of halogens is 3. The summed E-state index contributed by atoms with van der Waals surface area (Å²) in [5.41, 5.74) is 0. The summed E-state index contributed by atoms with van der Waals surface area (Å²) in [6.07, 6.45) is -2.16. The molecule has 2 aliphatic rings. The SMILES string of the molecule is CCNC(=NCC1CCN(CC(F)(F)F)C1)N1CCSC(CC)C1. The van der Waals surface area contributed by atoms with Gasteiger partial charge in [-0.25, -0.2) is 0 Å². The van der Waals surface area contributed by atoms with Gasteiger partial charge in [0.15, 0.2) is 5.96 Å². The molecule has 2 unspecified atom stereocenters. The highest BCUT2D eigenvalue weighted by atomic mass is 32.2. The van der Waals surface area contributed by atoms with Crippen LogP contribution in [-0.2, 0) is 0 Å². The van der Waals surface area contributed by atoms with Crippen LogP contribution in [-0.4, -0.2) is 78.8 Å². The number of likely N-dealkylation sites (tertiary alicyclic amines) is 1. The molecule has 0 aromatic heterocycles. The Morgan fingerprint density at radius 2 is 2.04 bits per heavy atom. The standard InChI is InChI=1S/C16H29F3N4S/c1-3-14-11-23(7-8-24-14)15(20-4-2)21-9-13-5-6-22(10-13)12-16(17,18)19/h13-14H,3-12H2,1-2H3,(H,20,21). The van der Waals surface area contributed by atoms with Gasteiger partial charge in [-0.1, -0.05) is 6.92 Å². The van der Waals surface area contributed by atoms with E-state index in [-0.39, 0.29) is 5.92 Å². The fraction of sp³-hybridized carbons (Fsp3) is 0.938. The van der Waals surface area contributed by atoms with Crippen LogP contribution in [0.3, 0.4) is 0 Å². The molecular formula is C16H29F3N4S. The Hall–Kier alpha value is -0.630. The molecule has 140 valence electrons. The second-order valence-corrected chi connectivity index (χ2v) is 7.95. The average Bonchev–Trinajstić information content (AvgIpc) is 2.96. The highest BCUT2D eigenvalue weighted by Gasteiger charge is 2.34. The molecule has 0 aromatic rings. The second-order valence-electron chi connectivity index (χ2n) is 6.55. The number of hydrogen-bond donors (Lipinski definition) is 1. The van der Waals surface area contributed by atoms with E-state index in [0.29, 0.717) is 24.9 Å². The summed E-state index contributed by atoms with van der Waals surface area (Å²) in [6.45, 7) is 7.88. The lowest BCUT2D eigenvalue weighted by atomic mass is 10.1. The minimum absolute atomic E-state index is 0.224. The highest BCUT2D eigenvalue weighted by Crippen LogP contribution is 2.24. The molecule has 0 bridgehead atoms. The summed E-state index contributed by atoms with van der Waals surface area (Å²) >= 11 is 2.01. The highest BCUT2D eigenvalue weighted by molar-refractivity contribution is 8.00. The fourth-order valence-corrected chi connectivity index (χ4v) is 4.44. The Kier molecular flexibility index (Phi) is 7.53. The van der Waals surface area contributed by atoms with Gasteiger partial charge in [0.2, 0.25) is 0 Å². The molecule has 2 heterocycles. The van der Waals surface area contributed by atoms with Gasteiger partial charge in [0.25, 0.3) is 0 Å². The molecule has 1 N–H and O–H groups in total. The van der Waals surface area contributed by atoms with Crippen molar-refractivity contribution in [3.8, 4) is 0 Å². The summed E-state index contributed by atoms with van der Waals surface area (Å²) in [5, 5.41) is 3.98. The average molecular weight is 366 g/mol. The van der Waals surface area contributed by atoms with E-state index in [4.69, 9.17) is 4.99 Å². The zero-order chi connectivity index (χ0) is 17.6. The minimum Gasteiger partial charge on any atom is -0.357 e. The number of alkyl halides is 3. The van der Waals surface area contributed by atoms with E-state index in [1.807, 2.05) is 18.7 Å². The Morgan fingerprint density at radius 1 is 1.25 bits per heavy atom. The number of thioether (sulfide) groups is 1. The van der Waals surface area contributed by atoms with Crippen LogP contribution in [0, 0.1) is 5.92 Å². The number of aliphatic imine (C=N–C) groups is 1. The van der Waals surface area contributed by atoms with Gasteiger partial charge in [0.05, 0.1) is 6.54 Å². The van der Waals surface area contributed by atoms with Crippen molar-refractivity contribution in [3.63, 3.8) is 0 Å². The van der Waals surface area contributed by atoms with Gasteiger partial charge in [-0.2, -0.15) is 24.9 Å². The van der Waals surface area contributed by atoms with E-state index >= 15 is 0 Å². The summed E-state index contributed by atoms with van der Waals surface area (Å²) in [5.74, 6) is 2.25. The van der Waals surface area contributed by atoms with Crippen LogP contribution < -0.4 is 5.32 Å². The van der Waals surface area contributed by atoms with Crippen molar-refractivity contribution in [3.05, 3.63) is 0 Å². The van der Waals surface area contributed by atoms with Gasteiger partial charge in [-0.05, 0) is 32.2 Å². The molecule has 2 rings (SSSR count). The zero-order valence-corrected chi connectivity index (χ0v) is 15.4. The molecular weight excluding hydrogens is 337 g/mol. The van der Waals surface area contributed by atoms with E-state index < -0.39 is 12.7 Å². The lowest BCUT2D eigenvalue weighted by Gasteiger charge is -2.34. The van der Waals surface area contributed by atoms with Crippen LogP contribution in [0.1, 0.15) is 26.7 Å². The largest absolute Gasteiger partial charge is 0.401 e. The first-order chi connectivity index (χ1) is 11.4. The predicted octanol–water partition coefficient (Wildman–Crippen LogP) is 2.66. The van der Waals surface area contributed by atoms with Crippen LogP contribution in [0.4, 0.5) is 13.2 Å². The van der Waals surface area contributed by atoms with Gasteiger partial charge in [-0.3, -0.25) is 9.89 Å². The third-order valence-corrected chi connectivity index (χ3v) is 5.87. The first-order valence-electron chi connectivity index (χ1n) is 8.85. The topological polar surface area (TPSA) is 30.9 Å². The Morgan fingerprint density at radius 3 is 2.71 bits per heavy atom. The number of rotatable bonds is 5. The van der Waals surface area contributed by atoms with Gasteiger partial charge < -0.3 is 10.2 Å². The van der Waals surface area contributed by atoms with Crippen molar-refractivity contribution in [1.82, 2.24) is 15.1 Å². The van der Waals surface area contributed by atoms with Crippen LogP contribution >= 0.6 is 11.8 Å². The normalized spacial score (nSPS) is 26.9. The van der Waals surface area contributed by atoms with Crippen molar-refractivity contribution in [2.24, 2.45) is 10.9 Å². The first kappa shape index (κ1) is 19.7. The molecule has 0 saturated carbocycles. The smallest absolute Gasteiger partial charge is 0.357 e. The molecule has 0 radical (unpaired) electrons. The Balaban J connectivity index is 1.87. The van der Waals surface area contributed by atoms with E-state index in [0.717, 1.165) is 44.2 Å². The predicted molar refractivity (Wildman–Crippen MR) is 94.7 cm³/mol. The number of nitrogens with one attached hydrogen (secondary N) is 1. The van der Waals surface area contributed by atoms with Gasteiger partial charge in [0, 0.05) is 43.7 Å². The molecule has 8 heteroatoms. The third-order valence-electron chi connectivity index (χ3n) is 4.50. The quantitative estimate of drug-likeness (QED) is 0.599. The zero-order valence-electron chi connectivity index (χ0n) is 14.6. The molecule has 2 aliphatic heterocycles. The fourth-order valence-electron chi connectivity index (χ4n) is 3.26. The van der Waals surface area contributed by atoms with Crippen LogP contribution in [0.15, 0.2) is 4.99 Å². The molecule has 0 spiro atoms. The maximum absolute atomic E-state index is 12.5. The second kappa shape index (κ2) is 9.17. The number of hydrogen-bond acceptors (Lipinski definition) is 3. The van der Waals surface area contributed by atoms with Crippen molar-refractivity contribution in [2.45, 2.75) is 38.1 Å². The summed E-state index contributed by atoms with van der Waals surface area (Å²) in [6, 6.07) is 0. The van der Waals surface area contributed by atoms with E-state index in [9.17, 15) is 13.2 Å². The van der Waals surface area contributed by atoms with Gasteiger partial charge >= 0.3 is 6.18 Å². The first-order valence-corrected chi connectivity index (χ1v) is 9.90. The van der Waals surface area contributed by atoms with Gasteiger partial charge in [-0.15, -0.1) is 0 Å². The van der Waals surface area contributed by atoms with Crippen LogP contribution in [0.25, 0.3) is 0 Å². The summed E-state index contributed by atoms with van der Waals surface area (Å²) in [4.78, 5) is 8.53. The van der Waals surface area contributed by atoms with E-state index in [1.165, 1.54) is 4.90 Å². The van der Waals surface area contributed by atoms with Crippen LogP contribution in [0.2, 0.25) is 0 Å². The Bertz CT molecular complexity index is 417. The molecule has 0 amide bonds. The van der Waals surface area contributed by atoms with Crippen molar-refractivity contribution >= 4 is 17.7 Å². The van der Waals surface area contributed by atoms with E-state index in [2.05, 4.69) is 17.1 Å². The number of guanidine groups is 1. The van der Waals surface area contributed by atoms with Crippen LogP contribution in [0.5, 0.6) is 0 Å². The molecule has 2 fully saturated rings. The summed E-state index contributed by atoms with van der Waals surface area (Å²) in [7, 11) is 0. The van der Waals surface area contributed by atoms with Gasteiger partial charge in [0.1, 0.15) is 0 Å². The molecule has 0 aromatic carbocycles.